The minimum atomic E-state index is -0.613. The maximum absolute atomic E-state index is 15.0. The number of allylic oxidation sites excluding steroid dienone is 2. The number of nitrogens with zero attached hydrogens (tertiary/aromatic N) is 1. The predicted octanol–water partition coefficient (Wildman–Crippen LogP) is 9.19. The van der Waals surface area contributed by atoms with Crippen LogP contribution >= 0.6 is 11.6 Å². The average Bonchev–Trinajstić information content (AvgIpc) is 3.13. The molecule has 0 amide bonds. The summed E-state index contributed by atoms with van der Waals surface area (Å²) in [4.78, 5) is 17.6. The van der Waals surface area contributed by atoms with E-state index in [2.05, 4.69) is 91.6 Å². The fourth-order valence-electron chi connectivity index (χ4n) is 7.66. The van der Waals surface area contributed by atoms with Crippen molar-refractivity contribution in [3.05, 3.63) is 148 Å². The van der Waals surface area contributed by atoms with Crippen molar-refractivity contribution in [2.24, 2.45) is 5.92 Å². The van der Waals surface area contributed by atoms with Gasteiger partial charge in [-0.2, -0.15) is 0 Å². The number of benzene rings is 4. The van der Waals surface area contributed by atoms with Crippen LogP contribution in [0.25, 0.3) is 11.1 Å². The van der Waals surface area contributed by atoms with E-state index in [0.717, 1.165) is 53.6 Å². The van der Waals surface area contributed by atoms with Gasteiger partial charge in [-0.25, -0.2) is 0 Å². The Bertz CT molecular complexity index is 1680. The van der Waals surface area contributed by atoms with Crippen molar-refractivity contribution in [2.75, 3.05) is 11.4 Å². The summed E-state index contributed by atoms with van der Waals surface area (Å²) in [5, 5.41) is 0.690. The van der Waals surface area contributed by atoms with E-state index in [9.17, 15) is 0 Å². The Morgan fingerprint density at radius 3 is 2.24 bits per heavy atom. The first-order valence-electron chi connectivity index (χ1n) is 14.7. The number of rotatable bonds is 4. The van der Waals surface area contributed by atoms with Gasteiger partial charge >= 0.3 is 0 Å². The van der Waals surface area contributed by atoms with Crippen molar-refractivity contribution in [2.45, 2.75) is 44.1 Å². The highest BCUT2D eigenvalue weighted by atomic mass is 35.5. The van der Waals surface area contributed by atoms with Gasteiger partial charge in [0.2, 0.25) is 0 Å². The van der Waals surface area contributed by atoms with Crippen molar-refractivity contribution >= 4 is 34.2 Å². The van der Waals surface area contributed by atoms with Crippen LogP contribution in [0.2, 0.25) is 5.02 Å². The summed E-state index contributed by atoms with van der Waals surface area (Å²) in [5.74, 6) is -0.270. The predicted molar refractivity (Wildman–Crippen MR) is 171 cm³/mol. The lowest BCUT2D eigenvalue weighted by Crippen LogP contribution is -2.62. The van der Waals surface area contributed by atoms with Gasteiger partial charge in [0.15, 0.2) is 5.78 Å². The third-order valence-corrected chi connectivity index (χ3v) is 9.88. The molecule has 0 radical (unpaired) electrons. The lowest BCUT2D eigenvalue weighted by atomic mass is 9.57. The fraction of sp³-hybridized carbons (Fsp3) is 0.237. The second-order valence-electron chi connectivity index (χ2n) is 12.1. The zero-order chi connectivity index (χ0) is 28.2. The summed E-state index contributed by atoms with van der Waals surface area (Å²) in [6, 6.07) is 35.3. The molecule has 0 unspecified atom stereocenters. The molecule has 1 aliphatic carbocycles. The molecular weight excluding hydrogens is 522 g/mol. The Labute approximate surface area is 248 Å². The first kappa shape index (κ1) is 26.0. The van der Waals surface area contributed by atoms with E-state index < -0.39 is 11.5 Å². The van der Waals surface area contributed by atoms with Gasteiger partial charge in [0.05, 0.1) is 11.5 Å². The second kappa shape index (κ2) is 9.89. The number of halogens is 1. The van der Waals surface area contributed by atoms with E-state index in [1.54, 1.807) is 0 Å². The van der Waals surface area contributed by atoms with Crippen molar-refractivity contribution in [3.8, 4) is 0 Å². The van der Waals surface area contributed by atoms with Gasteiger partial charge in [0, 0.05) is 28.2 Å². The number of anilines is 1. The summed E-state index contributed by atoms with van der Waals surface area (Å²) >= 11 is 6.38. The normalized spacial score (nSPS) is 22.5. The molecule has 2 nitrogen and oxygen atoms in total. The topological polar surface area (TPSA) is 20.3 Å². The van der Waals surface area contributed by atoms with E-state index in [0.29, 0.717) is 5.02 Å². The highest BCUT2D eigenvalue weighted by Crippen LogP contribution is 2.62. The second-order valence-corrected chi connectivity index (χ2v) is 12.5. The fourth-order valence-corrected chi connectivity index (χ4v) is 7.79. The van der Waals surface area contributed by atoms with E-state index in [1.165, 1.54) is 16.8 Å². The Kier molecular flexibility index (Phi) is 6.28. The van der Waals surface area contributed by atoms with E-state index in [1.807, 2.05) is 42.5 Å². The van der Waals surface area contributed by atoms with E-state index >= 15 is 4.79 Å². The molecule has 0 bridgehead atoms. The molecule has 204 valence electrons. The van der Waals surface area contributed by atoms with Crippen LogP contribution in [0.3, 0.4) is 0 Å². The molecule has 0 fully saturated rings. The van der Waals surface area contributed by atoms with Crippen LogP contribution in [-0.2, 0) is 11.8 Å². The Morgan fingerprint density at radius 2 is 1.51 bits per heavy atom. The molecule has 4 aromatic rings. The third kappa shape index (κ3) is 3.95. The smallest absolute Gasteiger partial charge is 0.173 e. The van der Waals surface area contributed by atoms with Crippen LogP contribution in [-0.4, -0.2) is 17.9 Å². The molecule has 2 heterocycles. The molecule has 0 saturated heterocycles. The summed E-state index contributed by atoms with van der Waals surface area (Å²) < 4.78 is 0. The number of ketones is 1. The van der Waals surface area contributed by atoms with Gasteiger partial charge in [0.25, 0.3) is 0 Å². The molecule has 0 N–H and O–H groups in total. The zero-order valence-electron chi connectivity index (χ0n) is 23.6. The Balaban J connectivity index is 1.57. The minimum absolute atomic E-state index is 0.154. The van der Waals surface area contributed by atoms with Gasteiger partial charge in [0.1, 0.15) is 0 Å². The maximum atomic E-state index is 15.0. The number of carbonyl (C=O) groups excluding carboxylic acids is 1. The zero-order valence-corrected chi connectivity index (χ0v) is 24.4. The molecule has 1 spiro atoms. The highest BCUT2D eigenvalue weighted by Gasteiger charge is 2.63. The molecule has 7 rings (SSSR count). The van der Waals surface area contributed by atoms with E-state index in [4.69, 9.17) is 11.6 Å². The van der Waals surface area contributed by atoms with Crippen molar-refractivity contribution in [3.63, 3.8) is 0 Å². The van der Waals surface area contributed by atoms with Crippen LogP contribution in [0, 0.1) is 5.92 Å². The number of hydrogen-bond acceptors (Lipinski definition) is 2. The molecule has 0 aromatic heterocycles. The molecule has 2 atom stereocenters. The molecular formula is C38H34ClNO. The summed E-state index contributed by atoms with van der Waals surface area (Å²) in [5.41, 5.74) is 8.24. The highest BCUT2D eigenvalue weighted by molar-refractivity contribution is 6.30. The summed E-state index contributed by atoms with van der Waals surface area (Å²) in [6.07, 6.45) is 8.01. The van der Waals surface area contributed by atoms with Crippen LogP contribution in [0.1, 0.15) is 59.3 Å². The number of hydrogen-bond donors (Lipinski definition) is 0. The van der Waals surface area contributed by atoms with Crippen LogP contribution < -0.4 is 4.90 Å². The molecule has 3 heteroatoms. The average molecular weight is 556 g/mol. The van der Waals surface area contributed by atoms with Gasteiger partial charge in [-0.15, -0.1) is 0 Å². The number of carbonyl (C=O) groups is 1. The van der Waals surface area contributed by atoms with Crippen molar-refractivity contribution in [1.29, 1.82) is 0 Å². The maximum Gasteiger partial charge on any atom is 0.173 e. The first-order chi connectivity index (χ1) is 19.9. The number of aryl methyl sites for hydroxylation is 1. The SMILES string of the molecule is CC1(C)c2cccc3c2N(CCCC3)[C@]12C=C(c1ccccc1)C=C(c1ccc(Cl)cc1)[C@H]2C(=O)c1ccccc1. The Hall–Kier alpha value is -3.88. The molecule has 3 aliphatic rings. The van der Waals surface area contributed by atoms with Crippen molar-refractivity contribution < 1.29 is 4.79 Å². The van der Waals surface area contributed by atoms with Crippen LogP contribution in [0.4, 0.5) is 5.69 Å². The lowest BCUT2D eigenvalue weighted by molar-refractivity contribution is 0.0882. The third-order valence-electron chi connectivity index (χ3n) is 9.63. The summed E-state index contributed by atoms with van der Waals surface area (Å²) in [6.45, 7) is 5.62. The van der Waals surface area contributed by atoms with Crippen LogP contribution in [0.5, 0.6) is 0 Å². The molecule has 4 aromatic carbocycles. The largest absolute Gasteiger partial charge is 0.360 e. The van der Waals surface area contributed by atoms with Crippen LogP contribution in [0.15, 0.2) is 115 Å². The number of para-hydroxylation sites is 1. The quantitative estimate of drug-likeness (QED) is 0.234. The molecule has 41 heavy (non-hydrogen) atoms. The Morgan fingerprint density at radius 1 is 0.805 bits per heavy atom. The number of fused-ring (bicyclic) bond motifs is 1. The molecule has 0 saturated carbocycles. The monoisotopic (exact) mass is 555 g/mol. The lowest BCUT2D eigenvalue weighted by Gasteiger charge is -2.53. The van der Waals surface area contributed by atoms with Gasteiger partial charge in [-0.05, 0) is 76.9 Å². The van der Waals surface area contributed by atoms with Crippen molar-refractivity contribution in [1.82, 2.24) is 0 Å². The van der Waals surface area contributed by atoms with Gasteiger partial charge in [-0.3, -0.25) is 4.79 Å². The van der Waals surface area contributed by atoms with E-state index in [-0.39, 0.29) is 11.2 Å². The number of Topliss-reactive ketones (excluding diaryl/α,β-unsaturated/α-hetero) is 1. The summed E-state index contributed by atoms with van der Waals surface area (Å²) in [7, 11) is 0. The van der Waals surface area contributed by atoms with Gasteiger partial charge < -0.3 is 4.90 Å². The molecule has 2 aliphatic heterocycles. The standard InChI is InChI=1S/C38H34ClNO/c1-37(2)33-18-11-17-28-14-9-10-23-40(35(28)33)38(37)25-30(26-12-5-3-6-13-26)24-32(27-19-21-31(39)22-20-27)34(38)36(41)29-15-7-4-8-16-29/h3-8,11-13,15-22,24-25,34H,9-10,14,23H2,1-2H3/t34-,38-/m0/s1. The van der Waals surface area contributed by atoms with Gasteiger partial charge in [-0.1, -0.05) is 116 Å². The first-order valence-corrected chi connectivity index (χ1v) is 15.0. The minimum Gasteiger partial charge on any atom is -0.360 e.